The van der Waals surface area contributed by atoms with Crippen LogP contribution in [0.15, 0.2) is 40.8 Å². The van der Waals surface area contributed by atoms with Crippen LogP contribution in [0.5, 0.6) is 5.75 Å². The van der Waals surface area contributed by atoms with Crippen molar-refractivity contribution in [2.45, 2.75) is 33.5 Å². The topological polar surface area (TPSA) is 87.0 Å². The van der Waals surface area contributed by atoms with Gasteiger partial charge in [0.1, 0.15) is 11.3 Å². The van der Waals surface area contributed by atoms with Crippen LogP contribution in [0.25, 0.3) is 11.0 Å². The van der Waals surface area contributed by atoms with Crippen molar-refractivity contribution < 1.29 is 28.2 Å². The van der Waals surface area contributed by atoms with E-state index in [4.69, 9.17) is 30.2 Å². The van der Waals surface area contributed by atoms with Gasteiger partial charge < -0.3 is 23.9 Å². The Kier molecular flexibility index (Phi) is 7.20. The predicted molar refractivity (Wildman–Crippen MR) is 118 cm³/mol. The number of hydrogen-bond donors (Lipinski definition) is 1. The van der Waals surface area contributed by atoms with E-state index in [0.29, 0.717) is 27.6 Å². The number of hydrogen-bond acceptors (Lipinski definition) is 6. The monoisotopic (exact) mass is 445 g/mol. The number of nitrogens with one attached hydrogen (secondary N) is 1. The van der Waals surface area contributed by atoms with Gasteiger partial charge in [0.05, 0.1) is 25.5 Å². The van der Waals surface area contributed by atoms with Crippen molar-refractivity contribution in [3.63, 3.8) is 0 Å². The van der Waals surface area contributed by atoms with Gasteiger partial charge in [-0.2, -0.15) is 0 Å². The number of ether oxygens (including phenoxy) is 3. The Balaban J connectivity index is 1.72. The lowest BCUT2D eigenvalue weighted by Crippen LogP contribution is -2.21. The lowest BCUT2D eigenvalue weighted by Gasteiger charge is -2.12. The number of halogens is 1. The molecule has 8 heteroatoms. The van der Waals surface area contributed by atoms with Gasteiger partial charge in [-0.05, 0) is 38.5 Å². The number of fused-ring (bicyclic) bond motifs is 1. The number of amides is 1. The number of furan rings is 1. The summed E-state index contributed by atoms with van der Waals surface area (Å²) < 4.78 is 21.8. The van der Waals surface area contributed by atoms with Crippen LogP contribution in [-0.4, -0.2) is 31.7 Å². The molecule has 3 rings (SSSR count). The fourth-order valence-electron chi connectivity index (χ4n) is 2.97. The number of aryl methyl sites for hydroxylation is 1. The van der Waals surface area contributed by atoms with E-state index in [1.165, 1.54) is 7.11 Å². The van der Waals surface area contributed by atoms with Crippen molar-refractivity contribution in [2.24, 2.45) is 0 Å². The Bertz CT molecular complexity index is 1100. The first-order valence-electron chi connectivity index (χ1n) is 9.73. The quantitative estimate of drug-likeness (QED) is 0.484. The number of anilines is 1. The van der Waals surface area contributed by atoms with Crippen LogP contribution in [-0.2, 0) is 20.9 Å². The van der Waals surface area contributed by atoms with E-state index in [9.17, 15) is 9.59 Å². The van der Waals surface area contributed by atoms with Crippen LogP contribution in [0, 0.1) is 6.92 Å². The zero-order valence-corrected chi connectivity index (χ0v) is 18.5. The molecule has 0 saturated heterocycles. The number of esters is 1. The van der Waals surface area contributed by atoms with Crippen molar-refractivity contribution in [1.82, 2.24) is 0 Å². The van der Waals surface area contributed by atoms with E-state index >= 15 is 0 Å². The van der Waals surface area contributed by atoms with Gasteiger partial charge in [0.15, 0.2) is 6.61 Å². The van der Waals surface area contributed by atoms with Gasteiger partial charge in [-0.1, -0.05) is 29.8 Å². The summed E-state index contributed by atoms with van der Waals surface area (Å²) in [4.78, 5) is 25.0. The maximum Gasteiger partial charge on any atom is 0.375 e. The van der Waals surface area contributed by atoms with Crippen LogP contribution >= 0.6 is 11.6 Å². The minimum atomic E-state index is -0.743. The summed E-state index contributed by atoms with van der Waals surface area (Å²) in [6.07, 6.45) is -0.0267. The van der Waals surface area contributed by atoms with Gasteiger partial charge in [-0.25, -0.2) is 4.79 Å². The molecule has 1 aromatic heterocycles. The molecule has 1 amide bonds. The lowest BCUT2D eigenvalue weighted by atomic mass is 10.1. The fraction of sp³-hybridized carbons (Fsp3) is 0.304. The fourth-order valence-corrected chi connectivity index (χ4v) is 3.12. The molecule has 3 aromatic rings. The number of methoxy groups -OCH3 is 1. The molecule has 0 spiro atoms. The Labute approximate surface area is 185 Å². The molecule has 0 saturated carbocycles. The van der Waals surface area contributed by atoms with Crippen LogP contribution in [0.1, 0.15) is 35.5 Å². The van der Waals surface area contributed by atoms with Gasteiger partial charge in [0, 0.05) is 22.0 Å². The van der Waals surface area contributed by atoms with Crippen molar-refractivity contribution in [3.05, 3.63) is 58.3 Å². The zero-order valence-electron chi connectivity index (χ0n) is 17.8. The molecule has 0 aliphatic carbocycles. The number of rotatable bonds is 8. The third kappa shape index (κ3) is 5.37. The average Bonchev–Trinajstić information content (AvgIpc) is 3.11. The second-order valence-electron chi connectivity index (χ2n) is 7.19. The molecule has 31 heavy (non-hydrogen) atoms. The van der Waals surface area contributed by atoms with Gasteiger partial charge in [-0.3, -0.25) is 4.79 Å². The van der Waals surface area contributed by atoms with Gasteiger partial charge >= 0.3 is 5.97 Å². The lowest BCUT2D eigenvalue weighted by molar-refractivity contribution is -0.119. The highest BCUT2D eigenvalue weighted by Gasteiger charge is 2.23. The van der Waals surface area contributed by atoms with Crippen LogP contribution in [0.2, 0.25) is 5.02 Å². The van der Waals surface area contributed by atoms with Crippen molar-refractivity contribution in [2.75, 3.05) is 19.0 Å². The first-order chi connectivity index (χ1) is 14.8. The number of benzene rings is 2. The summed E-state index contributed by atoms with van der Waals surface area (Å²) in [5, 5.41) is 3.94. The van der Waals surface area contributed by atoms with E-state index < -0.39 is 18.5 Å². The predicted octanol–water partition coefficient (Wildman–Crippen LogP) is 5.12. The van der Waals surface area contributed by atoms with Crippen LogP contribution in [0.3, 0.4) is 0 Å². The molecule has 0 aliphatic rings. The van der Waals surface area contributed by atoms with Crippen molar-refractivity contribution >= 4 is 40.1 Å². The highest BCUT2D eigenvalue weighted by Crippen LogP contribution is 2.31. The first-order valence-corrected chi connectivity index (χ1v) is 10.1. The Morgan fingerprint density at radius 1 is 1.19 bits per heavy atom. The Hall–Kier alpha value is -3.03. The molecule has 1 heterocycles. The van der Waals surface area contributed by atoms with Crippen LogP contribution in [0.4, 0.5) is 5.69 Å². The molecule has 2 aromatic carbocycles. The Morgan fingerprint density at radius 3 is 2.65 bits per heavy atom. The van der Waals surface area contributed by atoms with E-state index in [0.717, 1.165) is 10.9 Å². The number of carbonyl (C=O) groups is 2. The van der Waals surface area contributed by atoms with E-state index in [-0.39, 0.29) is 18.5 Å². The van der Waals surface area contributed by atoms with E-state index in [1.807, 2.05) is 32.0 Å². The van der Waals surface area contributed by atoms with Gasteiger partial charge in [-0.15, -0.1) is 0 Å². The van der Waals surface area contributed by atoms with E-state index in [1.54, 1.807) is 25.1 Å². The average molecular weight is 446 g/mol. The first kappa shape index (κ1) is 22.7. The minimum Gasteiger partial charge on any atom is -0.495 e. The zero-order chi connectivity index (χ0) is 22.5. The summed E-state index contributed by atoms with van der Waals surface area (Å²) >= 11 is 6.08. The maximum atomic E-state index is 12.7. The third-order valence-electron chi connectivity index (χ3n) is 4.53. The highest BCUT2D eigenvalue weighted by molar-refractivity contribution is 6.31. The molecular weight excluding hydrogens is 422 g/mol. The summed E-state index contributed by atoms with van der Waals surface area (Å²) in [5.41, 5.74) is 2.33. The molecule has 0 fully saturated rings. The second kappa shape index (κ2) is 9.85. The summed E-state index contributed by atoms with van der Waals surface area (Å²) in [5.74, 6) is -0.840. The summed E-state index contributed by atoms with van der Waals surface area (Å²) in [6.45, 7) is 5.30. The largest absolute Gasteiger partial charge is 0.495 e. The third-order valence-corrected chi connectivity index (χ3v) is 4.94. The molecule has 0 aliphatic heterocycles. The number of para-hydroxylation sites is 1. The highest BCUT2D eigenvalue weighted by atomic mass is 35.5. The normalized spacial score (nSPS) is 11.0. The summed E-state index contributed by atoms with van der Waals surface area (Å²) in [6, 6.07) is 10.5. The molecule has 0 bridgehead atoms. The second-order valence-corrected chi connectivity index (χ2v) is 7.60. The van der Waals surface area contributed by atoms with Gasteiger partial charge in [0.25, 0.3) is 5.91 Å². The number of carbonyl (C=O) groups excluding carboxylic acids is 2. The van der Waals surface area contributed by atoms with Gasteiger partial charge in [0.2, 0.25) is 5.76 Å². The molecule has 7 nitrogen and oxygen atoms in total. The minimum absolute atomic E-state index is 0.0227. The molecule has 0 unspecified atom stereocenters. The molecule has 0 radical (unpaired) electrons. The molecule has 0 atom stereocenters. The maximum absolute atomic E-state index is 12.7. The smallest absolute Gasteiger partial charge is 0.375 e. The van der Waals surface area contributed by atoms with E-state index in [2.05, 4.69) is 5.32 Å². The van der Waals surface area contributed by atoms with Crippen LogP contribution < -0.4 is 10.1 Å². The Morgan fingerprint density at radius 2 is 1.94 bits per heavy atom. The molecular formula is C23H24ClNO6. The van der Waals surface area contributed by atoms with Crippen molar-refractivity contribution in [3.8, 4) is 5.75 Å². The molecule has 1 N–H and O–H groups in total. The molecule has 164 valence electrons. The standard InChI is InChI=1S/C23H24ClNO6/c1-13(2)29-11-16-15-7-5-6-8-19(15)31-22(16)23(27)30-12-21(26)25-18-9-14(3)17(24)10-20(18)28-4/h5-10,13H,11-12H2,1-4H3,(H,25,26). The summed E-state index contributed by atoms with van der Waals surface area (Å²) in [7, 11) is 1.47. The van der Waals surface area contributed by atoms with Crippen molar-refractivity contribution in [1.29, 1.82) is 0 Å². The SMILES string of the molecule is COc1cc(Cl)c(C)cc1NC(=O)COC(=O)c1oc2ccccc2c1COC(C)C.